The molecule has 0 saturated heterocycles. The van der Waals surface area contributed by atoms with E-state index < -0.39 is 0 Å². The number of imidazole rings is 1. The van der Waals surface area contributed by atoms with Gasteiger partial charge in [0.25, 0.3) is 0 Å². The summed E-state index contributed by atoms with van der Waals surface area (Å²) in [5.41, 5.74) is 5.05. The maximum absolute atomic E-state index is 4.82. The van der Waals surface area contributed by atoms with Gasteiger partial charge in [-0.15, -0.1) is 0 Å². The molecule has 1 N–H and O–H groups in total. The fraction of sp³-hybridized carbons (Fsp3) is 0. The topological polar surface area (TPSA) is 54.5 Å². The first-order valence-corrected chi connectivity index (χ1v) is 7.38. The summed E-state index contributed by atoms with van der Waals surface area (Å²) >= 11 is 0. The van der Waals surface area contributed by atoms with Crippen molar-refractivity contribution in [1.29, 1.82) is 0 Å². The van der Waals surface area contributed by atoms with Gasteiger partial charge < -0.3 is 4.98 Å². The van der Waals surface area contributed by atoms with Crippen LogP contribution in [0.15, 0.2) is 79.4 Å². The monoisotopic (exact) mass is 298 g/mol. The molecule has 0 saturated carbocycles. The van der Waals surface area contributed by atoms with Gasteiger partial charge in [0, 0.05) is 41.5 Å². The number of H-pyrrole nitrogens is 1. The molecule has 0 unspecified atom stereocenters. The second-order valence-electron chi connectivity index (χ2n) is 5.15. The summed E-state index contributed by atoms with van der Waals surface area (Å²) in [6, 6.07) is 18.0. The van der Waals surface area contributed by atoms with Crippen molar-refractivity contribution in [2.75, 3.05) is 0 Å². The Labute approximate surface area is 133 Å². The van der Waals surface area contributed by atoms with Crippen molar-refractivity contribution < 1.29 is 0 Å². The summed E-state index contributed by atoms with van der Waals surface area (Å²) in [4.78, 5) is 16.5. The molecule has 3 aromatic heterocycles. The largest absolute Gasteiger partial charge is 0.337 e. The number of benzene rings is 1. The number of pyridine rings is 2. The summed E-state index contributed by atoms with van der Waals surface area (Å²) < 4.78 is 0. The molecule has 110 valence electrons. The smallest absolute Gasteiger partial charge is 0.138 e. The Morgan fingerprint density at radius 2 is 1.22 bits per heavy atom. The summed E-state index contributed by atoms with van der Waals surface area (Å²) in [5.74, 6) is 0.851. The fourth-order valence-electron chi connectivity index (χ4n) is 2.55. The second-order valence-corrected chi connectivity index (χ2v) is 5.15. The van der Waals surface area contributed by atoms with E-state index in [1.54, 1.807) is 24.8 Å². The van der Waals surface area contributed by atoms with Gasteiger partial charge in [-0.3, -0.25) is 9.97 Å². The van der Waals surface area contributed by atoms with E-state index in [9.17, 15) is 0 Å². The van der Waals surface area contributed by atoms with Crippen LogP contribution in [-0.2, 0) is 0 Å². The van der Waals surface area contributed by atoms with E-state index in [0.29, 0.717) is 0 Å². The van der Waals surface area contributed by atoms with E-state index in [-0.39, 0.29) is 0 Å². The highest BCUT2D eigenvalue weighted by Gasteiger charge is 2.14. The average Bonchev–Trinajstić information content (AvgIpc) is 3.09. The van der Waals surface area contributed by atoms with Crippen molar-refractivity contribution in [1.82, 2.24) is 19.9 Å². The number of nitrogens with zero attached hydrogens (tertiary/aromatic N) is 3. The van der Waals surface area contributed by atoms with Crippen LogP contribution in [0.1, 0.15) is 0 Å². The van der Waals surface area contributed by atoms with Crippen LogP contribution in [0, 0.1) is 0 Å². The van der Waals surface area contributed by atoms with Gasteiger partial charge >= 0.3 is 0 Å². The number of nitrogens with one attached hydrogen (secondary N) is 1. The maximum atomic E-state index is 4.82. The molecular weight excluding hydrogens is 284 g/mol. The zero-order chi connectivity index (χ0) is 15.5. The van der Waals surface area contributed by atoms with Crippen LogP contribution in [0.2, 0.25) is 0 Å². The zero-order valence-corrected chi connectivity index (χ0v) is 12.3. The second kappa shape index (κ2) is 5.85. The lowest BCUT2D eigenvalue weighted by molar-refractivity contribution is 1.29. The van der Waals surface area contributed by atoms with Crippen LogP contribution < -0.4 is 0 Å². The third-order valence-corrected chi connectivity index (χ3v) is 3.67. The fourth-order valence-corrected chi connectivity index (χ4v) is 2.55. The minimum atomic E-state index is 0.851. The highest BCUT2D eigenvalue weighted by Crippen LogP contribution is 2.32. The number of hydrogen-bond acceptors (Lipinski definition) is 3. The Hall–Kier alpha value is -3.27. The van der Waals surface area contributed by atoms with Crippen LogP contribution in [-0.4, -0.2) is 19.9 Å². The Balaban J connectivity index is 1.91. The standard InChI is InChI=1S/C19H14N4/c1-2-4-16(5-3-1)19-22-17(14-6-10-20-11-7-14)18(23-19)15-8-12-21-13-9-15/h1-13H,(H,22,23). The van der Waals surface area contributed by atoms with Crippen molar-refractivity contribution in [3.05, 3.63) is 79.4 Å². The van der Waals surface area contributed by atoms with Gasteiger partial charge in [0.2, 0.25) is 0 Å². The molecule has 0 amide bonds. The predicted octanol–water partition coefficient (Wildman–Crippen LogP) is 4.20. The molecule has 0 aliphatic heterocycles. The Kier molecular flexibility index (Phi) is 3.41. The minimum absolute atomic E-state index is 0.851. The molecule has 0 radical (unpaired) electrons. The van der Waals surface area contributed by atoms with E-state index in [4.69, 9.17) is 4.98 Å². The summed E-state index contributed by atoms with van der Waals surface area (Å²) in [6.45, 7) is 0. The van der Waals surface area contributed by atoms with Gasteiger partial charge in [0.15, 0.2) is 0 Å². The molecule has 4 aromatic rings. The molecule has 0 spiro atoms. The number of rotatable bonds is 3. The van der Waals surface area contributed by atoms with Crippen LogP contribution in [0.4, 0.5) is 0 Å². The molecular formula is C19H14N4. The lowest BCUT2D eigenvalue weighted by atomic mass is 10.1. The lowest BCUT2D eigenvalue weighted by Crippen LogP contribution is -1.84. The molecule has 0 atom stereocenters. The van der Waals surface area contributed by atoms with E-state index >= 15 is 0 Å². The molecule has 3 heterocycles. The summed E-state index contributed by atoms with van der Waals surface area (Å²) in [6.07, 6.45) is 7.13. The molecule has 0 fully saturated rings. The summed E-state index contributed by atoms with van der Waals surface area (Å²) in [5, 5.41) is 0. The highest BCUT2D eigenvalue weighted by molar-refractivity contribution is 5.80. The molecule has 0 aliphatic rings. The van der Waals surface area contributed by atoms with Gasteiger partial charge in [-0.25, -0.2) is 4.98 Å². The first kappa shape index (κ1) is 13.4. The molecule has 0 aliphatic carbocycles. The molecule has 0 bridgehead atoms. The van der Waals surface area contributed by atoms with Crippen molar-refractivity contribution >= 4 is 0 Å². The third-order valence-electron chi connectivity index (χ3n) is 3.67. The van der Waals surface area contributed by atoms with Gasteiger partial charge in [-0.1, -0.05) is 30.3 Å². The quantitative estimate of drug-likeness (QED) is 0.616. The van der Waals surface area contributed by atoms with Crippen LogP contribution >= 0.6 is 0 Å². The van der Waals surface area contributed by atoms with E-state index in [2.05, 4.69) is 15.0 Å². The van der Waals surface area contributed by atoms with E-state index in [0.717, 1.165) is 33.9 Å². The summed E-state index contributed by atoms with van der Waals surface area (Å²) in [7, 11) is 0. The maximum Gasteiger partial charge on any atom is 0.138 e. The molecule has 1 aromatic carbocycles. The Morgan fingerprint density at radius 1 is 0.609 bits per heavy atom. The van der Waals surface area contributed by atoms with Gasteiger partial charge in [-0.2, -0.15) is 0 Å². The van der Waals surface area contributed by atoms with Crippen molar-refractivity contribution in [3.8, 4) is 33.9 Å². The molecule has 4 heteroatoms. The van der Waals surface area contributed by atoms with Crippen molar-refractivity contribution in [3.63, 3.8) is 0 Å². The normalized spacial score (nSPS) is 10.6. The molecule has 23 heavy (non-hydrogen) atoms. The predicted molar refractivity (Wildman–Crippen MR) is 90.5 cm³/mol. The number of aromatic amines is 1. The Morgan fingerprint density at radius 3 is 1.87 bits per heavy atom. The first-order chi connectivity index (χ1) is 11.4. The Bertz CT molecular complexity index is 843. The van der Waals surface area contributed by atoms with Crippen LogP contribution in [0.25, 0.3) is 33.9 Å². The minimum Gasteiger partial charge on any atom is -0.337 e. The average molecular weight is 298 g/mol. The first-order valence-electron chi connectivity index (χ1n) is 7.38. The SMILES string of the molecule is c1ccc(-c2nc(-c3ccncc3)c(-c3ccncc3)[nH]2)cc1. The van der Waals surface area contributed by atoms with E-state index in [1.807, 2.05) is 54.6 Å². The van der Waals surface area contributed by atoms with Crippen molar-refractivity contribution in [2.24, 2.45) is 0 Å². The van der Waals surface area contributed by atoms with Gasteiger partial charge in [0.1, 0.15) is 5.82 Å². The lowest BCUT2D eigenvalue weighted by Gasteiger charge is -2.02. The molecule has 4 nitrogen and oxygen atoms in total. The van der Waals surface area contributed by atoms with Crippen molar-refractivity contribution in [2.45, 2.75) is 0 Å². The number of hydrogen-bond donors (Lipinski definition) is 1. The molecule has 4 rings (SSSR count). The zero-order valence-electron chi connectivity index (χ0n) is 12.3. The van der Waals surface area contributed by atoms with Gasteiger partial charge in [-0.05, 0) is 24.3 Å². The van der Waals surface area contributed by atoms with Gasteiger partial charge in [0.05, 0.1) is 11.4 Å². The van der Waals surface area contributed by atoms with E-state index in [1.165, 1.54) is 0 Å². The third kappa shape index (κ3) is 2.62. The van der Waals surface area contributed by atoms with Crippen LogP contribution in [0.5, 0.6) is 0 Å². The van der Waals surface area contributed by atoms with Crippen LogP contribution in [0.3, 0.4) is 0 Å². The number of aromatic nitrogens is 4. The highest BCUT2D eigenvalue weighted by atomic mass is 14.9.